The third-order valence-corrected chi connectivity index (χ3v) is 2.87. The molecule has 1 aliphatic rings. The minimum absolute atomic E-state index is 0.267. The fraction of sp³-hybridized carbons (Fsp3) is 0.231. The number of carbonyl (C=O) groups is 1. The number of oxazole rings is 1. The summed E-state index contributed by atoms with van der Waals surface area (Å²) in [6.45, 7) is 2.26. The molecule has 0 atom stereocenters. The Hall–Kier alpha value is -2.30. The lowest BCUT2D eigenvalue weighted by Crippen LogP contribution is -2.04. The predicted octanol–water partition coefficient (Wildman–Crippen LogP) is 2.46. The Morgan fingerprint density at radius 3 is 2.94 bits per heavy atom. The van der Waals surface area contributed by atoms with Gasteiger partial charge in [-0.05, 0) is 19.1 Å². The molecular weight excluding hydrogens is 232 g/mol. The number of hydrogen-bond acceptors (Lipinski definition) is 5. The first kappa shape index (κ1) is 10.8. The number of cyclic esters (lactones) is 1. The Bertz CT molecular complexity index is 609. The van der Waals surface area contributed by atoms with Crippen LogP contribution >= 0.6 is 0 Å². The van der Waals surface area contributed by atoms with Crippen molar-refractivity contribution >= 4 is 23.1 Å². The maximum atomic E-state index is 11.4. The number of rotatable bonds is 2. The molecule has 0 aliphatic carbocycles. The lowest BCUT2D eigenvalue weighted by atomic mass is 10.2. The van der Waals surface area contributed by atoms with Crippen molar-refractivity contribution in [3.05, 3.63) is 35.5 Å². The number of anilines is 1. The molecular formula is C13H12N2O3. The summed E-state index contributed by atoms with van der Waals surface area (Å²) in [4.78, 5) is 15.7. The zero-order valence-corrected chi connectivity index (χ0v) is 9.90. The summed E-state index contributed by atoms with van der Waals surface area (Å²) < 4.78 is 10.4. The van der Waals surface area contributed by atoms with Gasteiger partial charge in [0.2, 0.25) is 0 Å². The van der Waals surface area contributed by atoms with Crippen LogP contribution in [0.15, 0.2) is 40.0 Å². The number of aromatic nitrogens is 1. The zero-order chi connectivity index (χ0) is 12.5. The molecule has 0 unspecified atom stereocenters. The van der Waals surface area contributed by atoms with Gasteiger partial charge in [-0.3, -0.25) is 0 Å². The van der Waals surface area contributed by atoms with E-state index in [9.17, 15) is 4.79 Å². The van der Waals surface area contributed by atoms with Crippen LogP contribution in [0.25, 0.3) is 11.1 Å². The predicted molar refractivity (Wildman–Crippen MR) is 65.9 cm³/mol. The van der Waals surface area contributed by atoms with Crippen LogP contribution in [0.4, 0.5) is 6.01 Å². The number of nitrogens with zero attached hydrogens (tertiary/aromatic N) is 1. The molecule has 0 radical (unpaired) electrons. The molecule has 0 amide bonds. The number of esters is 1. The molecule has 5 nitrogen and oxygen atoms in total. The number of benzene rings is 1. The quantitative estimate of drug-likeness (QED) is 0.649. The molecule has 1 aliphatic heterocycles. The Kier molecular flexibility index (Phi) is 2.51. The molecule has 1 aromatic heterocycles. The molecule has 3 rings (SSSR count). The first-order valence-corrected chi connectivity index (χ1v) is 5.73. The van der Waals surface area contributed by atoms with E-state index in [1.54, 1.807) is 0 Å². The van der Waals surface area contributed by atoms with E-state index in [1.165, 1.54) is 0 Å². The van der Waals surface area contributed by atoms with Crippen molar-refractivity contribution in [3.8, 4) is 0 Å². The summed E-state index contributed by atoms with van der Waals surface area (Å²) in [7, 11) is 0. The lowest BCUT2D eigenvalue weighted by Gasteiger charge is -2.02. The van der Waals surface area contributed by atoms with Crippen LogP contribution in [0.5, 0.6) is 0 Å². The maximum Gasteiger partial charge on any atom is 0.335 e. The van der Waals surface area contributed by atoms with Crippen molar-refractivity contribution in [1.29, 1.82) is 0 Å². The van der Waals surface area contributed by atoms with Crippen LogP contribution in [-0.4, -0.2) is 17.6 Å². The number of nitrogens with one attached hydrogen (secondary N) is 1. The normalized spacial score (nSPS) is 17.9. The second-order valence-corrected chi connectivity index (χ2v) is 4.10. The van der Waals surface area contributed by atoms with Gasteiger partial charge in [0.25, 0.3) is 6.01 Å². The van der Waals surface area contributed by atoms with E-state index in [2.05, 4.69) is 10.3 Å². The minimum Gasteiger partial charge on any atom is -0.462 e. The van der Waals surface area contributed by atoms with Crippen molar-refractivity contribution in [3.63, 3.8) is 0 Å². The lowest BCUT2D eigenvalue weighted by molar-refractivity contribution is -0.135. The molecule has 5 heteroatoms. The van der Waals surface area contributed by atoms with Crippen LogP contribution < -0.4 is 5.32 Å². The number of carbonyl (C=O) groups excluding carboxylic acids is 1. The standard InChI is InChI=1S/C13H12N2O3/c1-8(9-6-7-17-12(9)16)14-13-15-10-4-2-3-5-11(10)18-13/h2-5H,6-7H2,1H3,(H,14,15). The Balaban J connectivity index is 1.90. The highest BCUT2D eigenvalue weighted by Crippen LogP contribution is 2.22. The smallest absolute Gasteiger partial charge is 0.335 e. The first-order chi connectivity index (χ1) is 8.74. The maximum absolute atomic E-state index is 11.4. The van der Waals surface area contributed by atoms with E-state index >= 15 is 0 Å². The van der Waals surface area contributed by atoms with Crippen LogP contribution in [0.3, 0.4) is 0 Å². The Morgan fingerprint density at radius 2 is 2.22 bits per heavy atom. The van der Waals surface area contributed by atoms with Crippen molar-refractivity contribution < 1.29 is 13.9 Å². The van der Waals surface area contributed by atoms with Gasteiger partial charge >= 0.3 is 5.97 Å². The van der Waals surface area contributed by atoms with Crippen molar-refractivity contribution in [1.82, 2.24) is 4.98 Å². The molecule has 0 bridgehead atoms. The highest BCUT2D eigenvalue weighted by atomic mass is 16.5. The third kappa shape index (κ3) is 1.84. The van der Waals surface area contributed by atoms with E-state index in [0.29, 0.717) is 30.2 Å². The molecule has 0 spiro atoms. The van der Waals surface area contributed by atoms with Crippen LogP contribution in [-0.2, 0) is 9.53 Å². The SMILES string of the molecule is CC(Nc1nc2ccccc2o1)=C1CCOC1=O. The summed E-state index contributed by atoms with van der Waals surface area (Å²) in [5, 5.41) is 3.00. The first-order valence-electron chi connectivity index (χ1n) is 5.73. The highest BCUT2D eigenvalue weighted by Gasteiger charge is 2.22. The van der Waals surface area contributed by atoms with Gasteiger partial charge in [0.05, 0.1) is 12.2 Å². The molecule has 1 fully saturated rings. The summed E-state index contributed by atoms with van der Waals surface area (Å²) in [6.07, 6.45) is 0.623. The van der Waals surface area contributed by atoms with Crippen molar-refractivity contribution in [2.24, 2.45) is 0 Å². The number of fused-ring (bicyclic) bond motifs is 1. The van der Waals surface area contributed by atoms with E-state index in [4.69, 9.17) is 9.15 Å². The number of para-hydroxylation sites is 2. The van der Waals surface area contributed by atoms with Gasteiger partial charge in [0.1, 0.15) is 5.52 Å². The Morgan fingerprint density at radius 1 is 1.39 bits per heavy atom. The van der Waals surface area contributed by atoms with Crippen molar-refractivity contribution in [2.45, 2.75) is 13.3 Å². The number of hydrogen-bond donors (Lipinski definition) is 1. The minimum atomic E-state index is -0.267. The fourth-order valence-corrected chi connectivity index (χ4v) is 1.94. The van der Waals surface area contributed by atoms with Gasteiger partial charge in [0, 0.05) is 12.1 Å². The fourth-order valence-electron chi connectivity index (χ4n) is 1.94. The number of allylic oxidation sites excluding steroid dienone is 1. The molecule has 0 saturated carbocycles. The summed E-state index contributed by atoms with van der Waals surface area (Å²) in [5.74, 6) is -0.267. The molecule has 2 aromatic rings. The van der Waals surface area contributed by atoms with Gasteiger partial charge in [-0.1, -0.05) is 12.1 Å². The molecule has 2 heterocycles. The van der Waals surface area contributed by atoms with Gasteiger partial charge in [-0.25, -0.2) is 4.79 Å². The van der Waals surface area contributed by atoms with E-state index in [0.717, 1.165) is 11.2 Å². The topological polar surface area (TPSA) is 64.4 Å². The van der Waals surface area contributed by atoms with Crippen LogP contribution in [0.1, 0.15) is 13.3 Å². The third-order valence-electron chi connectivity index (χ3n) is 2.87. The molecule has 1 aromatic carbocycles. The second kappa shape index (κ2) is 4.18. The molecule has 92 valence electrons. The van der Waals surface area contributed by atoms with E-state index < -0.39 is 0 Å². The van der Waals surface area contributed by atoms with Gasteiger partial charge in [-0.2, -0.15) is 4.98 Å². The van der Waals surface area contributed by atoms with Gasteiger partial charge < -0.3 is 14.5 Å². The zero-order valence-electron chi connectivity index (χ0n) is 9.90. The van der Waals surface area contributed by atoms with Gasteiger partial charge in [0.15, 0.2) is 5.58 Å². The van der Waals surface area contributed by atoms with E-state index in [1.807, 2.05) is 31.2 Å². The van der Waals surface area contributed by atoms with E-state index in [-0.39, 0.29) is 5.97 Å². The highest BCUT2D eigenvalue weighted by molar-refractivity contribution is 5.91. The average molecular weight is 244 g/mol. The van der Waals surface area contributed by atoms with Crippen molar-refractivity contribution in [2.75, 3.05) is 11.9 Å². The molecule has 1 N–H and O–H groups in total. The average Bonchev–Trinajstić information content (AvgIpc) is 2.94. The monoisotopic (exact) mass is 244 g/mol. The Labute approximate surface area is 103 Å². The molecule has 1 saturated heterocycles. The van der Waals surface area contributed by atoms with Gasteiger partial charge in [-0.15, -0.1) is 0 Å². The molecule has 18 heavy (non-hydrogen) atoms. The van der Waals surface area contributed by atoms with Crippen LogP contribution in [0, 0.1) is 0 Å². The van der Waals surface area contributed by atoms with Crippen LogP contribution in [0.2, 0.25) is 0 Å². The summed E-state index contributed by atoms with van der Waals surface area (Å²) in [6, 6.07) is 7.89. The number of ether oxygens (including phenoxy) is 1. The second-order valence-electron chi connectivity index (χ2n) is 4.10. The summed E-state index contributed by atoms with van der Waals surface area (Å²) >= 11 is 0. The largest absolute Gasteiger partial charge is 0.462 e. The summed E-state index contributed by atoms with van der Waals surface area (Å²) in [5.41, 5.74) is 2.87.